The van der Waals surface area contributed by atoms with E-state index in [9.17, 15) is 14.0 Å². The molecule has 0 saturated heterocycles. The lowest BCUT2D eigenvalue weighted by atomic mass is 10.0. The number of imide groups is 1. The van der Waals surface area contributed by atoms with Gasteiger partial charge in [0, 0.05) is 31.0 Å². The Kier molecular flexibility index (Phi) is 6.61. The number of carbonyl (C=O) groups excluding carboxylic acids is 2. The van der Waals surface area contributed by atoms with Crippen LogP contribution in [0, 0.1) is 5.82 Å². The molecule has 3 rings (SSSR count). The van der Waals surface area contributed by atoms with Crippen molar-refractivity contribution in [2.75, 3.05) is 32.2 Å². The highest BCUT2D eigenvalue weighted by atomic mass is 19.1. The molecule has 0 aromatic heterocycles. The van der Waals surface area contributed by atoms with Crippen LogP contribution in [0.2, 0.25) is 0 Å². The molecule has 2 aromatic carbocycles. The van der Waals surface area contributed by atoms with E-state index in [0.717, 1.165) is 0 Å². The summed E-state index contributed by atoms with van der Waals surface area (Å²) >= 11 is 0. The Bertz CT molecular complexity index is 925. The summed E-state index contributed by atoms with van der Waals surface area (Å²) in [5.41, 5.74) is 1.40. The first kappa shape index (κ1) is 20.5. The van der Waals surface area contributed by atoms with Gasteiger partial charge in [-0.1, -0.05) is 18.2 Å². The lowest BCUT2D eigenvalue weighted by molar-refractivity contribution is -0.137. The second-order valence-corrected chi connectivity index (χ2v) is 6.39. The molecule has 2 aromatic rings. The first-order valence-corrected chi connectivity index (χ1v) is 9.41. The second-order valence-electron chi connectivity index (χ2n) is 6.39. The first-order valence-electron chi connectivity index (χ1n) is 9.41. The minimum atomic E-state index is -0.434. The number of nitrogens with one attached hydrogen (secondary N) is 1. The number of hydrogen-bond acceptors (Lipinski definition) is 5. The Morgan fingerprint density at radius 2 is 1.76 bits per heavy atom. The molecule has 152 valence electrons. The van der Waals surface area contributed by atoms with Crippen LogP contribution in [0.5, 0.6) is 5.75 Å². The van der Waals surface area contributed by atoms with Crippen LogP contribution in [0.3, 0.4) is 0 Å². The molecule has 1 aliphatic heterocycles. The van der Waals surface area contributed by atoms with Crippen LogP contribution >= 0.6 is 0 Å². The van der Waals surface area contributed by atoms with Crippen LogP contribution < -0.4 is 10.1 Å². The van der Waals surface area contributed by atoms with Crippen molar-refractivity contribution in [3.8, 4) is 5.75 Å². The van der Waals surface area contributed by atoms with Crippen LogP contribution in [0.25, 0.3) is 5.57 Å². The summed E-state index contributed by atoms with van der Waals surface area (Å²) in [6.45, 7) is 3.16. The van der Waals surface area contributed by atoms with Gasteiger partial charge in [-0.15, -0.1) is 0 Å². The summed E-state index contributed by atoms with van der Waals surface area (Å²) < 4.78 is 23.9. The maximum absolute atomic E-state index is 13.2. The molecule has 0 atom stereocenters. The number of ether oxygens (including phenoxy) is 2. The largest absolute Gasteiger partial charge is 0.496 e. The molecule has 0 unspecified atom stereocenters. The van der Waals surface area contributed by atoms with E-state index in [2.05, 4.69) is 5.32 Å². The highest BCUT2D eigenvalue weighted by Crippen LogP contribution is 2.35. The number of para-hydroxylation sites is 1. The van der Waals surface area contributed by atoms with Gasteiger partial charge in [0.2, 0.25) is 0 Å². The van der Waals surface area contributed by atoms with Gasteiger partial charge in [-0.25, -0.2) is 4.39 Å². The van der Waals surface area contributed by atoms with Crippen molar-refractivity contribution < 1.29 is 23.5 Å². The van der Waals surface area contributed by atoms with Gasteiger partial charge in [0.25, 0.3) is 11.8 Å². The predicted molar refractivity (Wildman–Crippen MR) is 108 cm³/mol. The molecule has 7 heteroatoms. The molecule has 0 saturated carbocycles. The minimum Gasteiger partial charge on any atom is -0.496 e. The predicted octanol–water partition coefficient (Wildman–Crippen LogP) is 3.45. The Balaban J connectivity index is 1.98. The minimum absolute atomic E-state index is 0.141. The molecule has 6 nitrogen and oxygen atoms in total. The summed E-state index contributed by atoms with van der Waals surface area (Å²) in [5, 5.41) is 2.99. The molecule has 1 N–H and O–H groups in total. The zero-order valence-corrected chi connectivity index (χ0v) is 16.4. The lowest BCUT2D eigenvalue weighted by Gasteiger charge is -2.15. The molecule has 1 aliphatic rings. The molecular weight excluding hydrogens is 375 g/mol. The van der Waals surface area contributed by atoms with Crippen molar-refractivity contribution in [2.45, 2.75) is 13.3 Å². The fourth-order valence-electron chi connectivity index (χ4n) is 3.14. The van der Waals surface area contributed by atoms with E-state index in [0.29, 0.717) is 36.6 Å². The summed E-state index contributed by atoms with van der Waals surface area (Å²) in [7, 11) is 1.51. The number of methoxy groups -OCH3 is 1. The van der Waals surface area contributed by atoms with Gasteiger partial charge in [-0.2, -0.15) is 0 Å². The number of benzene rings is 2. The average Bonchev–Trinajstić information content (AvgIpc) is 2.96. The highest BCUT2D eigenvalue weighted by molar-refractivity contribution is 6.37. The van der Waals surface area contributed by atoms with E-state index in [1.54, 1.807) is 24.3 Å². The average molecular weight is 398 g/mol. The van der Waals surface area contributed by atoms with Gasteiger partial charge in [-0.3, -0.25) is 14.5 Å². The molecule has 1 heterocycles. The highest BCUT2D eigenvalue weighted by Gasteiger charge is 2.39. The molecule has 0 fully saturated rings. The fraction of sp³-hybridized carbons (Fsp3) is 0.273. The Hall–Kier alpha value is -3.19. The Morgan fingerprint density at radius 1 is 1.03 bits per heavy atom. The van der Waals surface area contributed by atoms with E-state index < -0.39 is 11.8 Å². The summed E-state index contributed by atoms with van der Waals surface area (Å²) in [5.74, 6) is -0.739. The molecule has 0 spiro atoms. The topological polar surface area (TPSA) is 67.9 Å². The number of nitrogens with zero attached hydrogens (tertiary/aromatic N) is 1. The quantitative estimate of drug-likeness (QED) is 0.518. The third-order valence-corrected chi connectivity index (χ3v) is 4.53. The summed E-state index contributed by atoms with van der Waals surface area (Å²) in [4.78, 5) is 27.4. The number of halogens is 1. The van der Waals surface area contributed by atoms with Gasteiger partial charge in [0.15, 0.2) is 0 Å². The molecule has 29 heavy (non-hydrogen) atoms. The number of rotatable bonds is 9. The molecular formula is C22H23FN2O4. The van der Waals surface area contributed by atoms with Crippen molar-refractivity contribution in [3.05, 3.63) is 65.6 Å². The van der Waals surface area contributed by atoms with Gasteiger partial charge in [0.05, 0.1) is 12.7 Å². The Morgan fingerprint density at radius 3 is 2.45 bits per heavy atom. The van der Waals surface area contributed by atoms with Crippen LogP contribution in [-0.2, 0) is 14.3 Å². The maximum Gasteiger partial charge on any atom is 0.278 e. The zero-order valence-electron chi connectivity index (χ0n) is 16.4. The number of anilines is 1. The normalized spacial score (nSPS) is 14.0. The smallest absolute Gasteiger partial charge is 0.278 e. The van der Waals surface area contributed by atoms with Crippen LogP contribution in [0.4, 0.5) is 10.1 Å². The molecule has 2 amide bonds. The summed E-state index contributed by atoms with van der Waals surface area (Å²) in [6, 6.07) is 12.6. The first-order chi connectivity index (χ1) is 14.1. The van der Waals surface area contributed by atoms with E-state index in [1.165, 1.54) is 36.3 Å². The second kappa shape index (κ2) is 9.34. The Labute approximate surface area is 168 Å². The SMILES string of the molecule is CCOCCCN1C(=O)C(Nc2ccc(F)cc2)=C(c2ccccc2OC)C1=O. The lowest BCUT2D eigenvalue weighted by Crippen LogP contribution is -2.34. The van der Waals surface area contributed by atoms with Crippen molar-refractivity contribution in [3.63, 3.8) is 0 Å². The van der Waals surface area contributed by atoms with E-state index in [1.807, 2.05) is 6.92 Å². The van der Waals surface area contributed by atoms with Crippen LogP contribution in [0.1, 0.15) is 18.9 Å². The van der Waals surface area contributed by atoms with Gasteiger partial charge in [-0.05, 0) is 43.7 Å². The van der Waals surface area contributed by atoms with E-state index in [4.69, 9.17) is 9.47 Å². The van der Waals surface area contributed by atoms with Gasteiger partial charge >= 0.3 is 0 Å². The summed E-state index contributed by atoms with van der Waals surface area (Å²) in [6.07, 6.45) is 0.536. The third kappa shape index (κ3) is 4.46. The number of carbonyl (C=O) groups is 2. The van der Waals surface area contributed by atoms with Crippen LogP contribution in [0.15, 0.2) is 54.2 Å². The van der Waals surface area contributed by atoms with E-state index in [-0.39, 0.29) is 23.6 Å². The van der Waals surface area contributed by atoms with E-state index >= 15 is 0 Å². The van der Waals surface area contributed by atoms with Gasteiger partial charge in [0.1, 0.15) is 17.3 Å². The standard InChI is InChI=1S/C22H23FN2O4/c1-3-29-14-6-13-25-21(26)19(17-7-4-5-8-18(17)28-2)20(22(25)27)24-16-11-9-15(23)10-12-16/h4-5,7-12,24H,3,6,13-14H2,1-2H3. The fourth-order valence-corrected chi connectivity index (χ4v) is 3.14. The zero-order chi connectivity index (χ0) is 20.8. The van der Waals surface area contributed by atoms with Crippen molar-refractivity contribution in [1.29, 1.82) is 0 Å². The monoisotopic (exact) mass is 398 g/mol. The number of hydrogen-bond donors (Lipinski definition) is 1. The maximum atomic E-state index is 13.2. The van der Waals surface area contributed by atoms with Crippen LogP contribution in [-0.4, -0.2) is 43.6 Å². The molecule has 0 aliphatic carbocycles. The number of amides is 2. The molecule has 0 bridgehead atoms. The molecule has 0 radical (unpaired) electrons. The van der Waals surface area contributed by atoms with Gasteiger partial charge < -0.3 is 14.8 Å². The van der Waals surface area contributed by atoms with Crippen molar-refractivity contribution >= 4 is 23.1 Å². The van der Waals surface area contributed by atoms with Crippen molar-refractivity contribution in [1.82, 2.24) is 4.90 Å². The third-order valence-electron chi connectivity index (χ3n) is 4.53. The van der Waals surface area contributed by atoms with Crippen molar-refractivity contribution in [2.24, 2.45) is 0 Å².